The molecule has 0 saturated carbocycles. The number of hydrogen-bond acceptors (Lipinski definition) is 4. The number of nitrogens with one attached hydrogen (secondary N) is 1. The molecule has 0 saturated heterocycles. The summed E-state index contributed by atoms with van der Waals surface area (Å²) in [5.41, 5.74) is 2.13. The van der Waals surface area contributed by atoms with Gasteiger partial charge in [0.1, 0.15) is 0 Å². The first kappa shape index (κ1) is 16.9. The zero-order valence-corrected chi connectivity index (χ0v) is 14.1. The summed E-state index contributed by atoms with van der Waals surface area (Å²) in [6.07, 6.45) is 0. The molecule has 0 amide bonds. The Morgan fingerprint density at radius 2 is 1.65 bits per heavy atom. The molecule has 0 radical (unpaired) electrons. The second kappa shape index (κ2) is 7.58. The number of nitrogens with zero attached hydrogens (tertiary/aromatic N) is 3. The van der Waals surface area contributed by atoms with E-state index in [4.69, 9.17) is 0 Å². The standard InChI is InChI=1S/C16H30N4/c1-11(2)15-10-14(7)18-16(19-15)17-8-9-20(12(3)4)13(5)6/h10-13H,8-9H2,1-7H3,(H,17,18,19). The predicted molar refractivity (Wildman–Crippen MR) is 86.3 cm³/mol. The molecule has 0 spiro atoms. The van der Waals surface area contributed by atoms with Crippen LogP contribution in [0.1, 0.15) is 58.8 Å². The summed E-state index contributed by atoms with van der Waals surface area (Å²) in [4.78, 5) is 11.5. The molecule has 1 aromatic rings. The van der Waals surface area contributed by atoms with E-state index in [1.165, 1.54) is 0 Å². The van der Waals surface area contributed by atoms with Crippen molar-refractivity contribution in [1.82, 2.24) is 14.9 Å². The molecule has 114 valence electrons. The fourth-order valence-electron chi connectivity index (χ4n) is 2.38. The lowest BCUT2D eigenvalue weighted by Crippen LogP contribution is -2.40. The Kier molecular flexibility index (Phi) is 6.40. The van der Waals surface area contributed by atoms with Gasteiger partial charge in [-0.05, 0) is 46.6 Å². The molecule has 1 N–H and O–H groups in total. The van der Waals surface area contributed by atoms with Gasteiger partial charge in [0.05, 0.1) is 0 Å². The first-order valence-corrected chi connectivity index (χ1v) is 7.66. The lowest BCUT2D eigenvalue weighted by Gasteiger charge is -2.30. The van der Waals surface area contributed by atoms with Gasteiger partial charge in [-0.15, -0.1) is 0 Å². The molecule has 0 unspecified atom stereocenters. The first-order chi connectivity index (χ1) is 9.31. The molecule has 0 bridgehead atoms. The maximum Gasteiger partial charge on any atom is 0.223 e. The SMILES string of the molecule is Cc1cc(C(C)C)nc(NCCN(C(C)C)C(C)C)n1. The van der Waals surface area contributed by atoms with Crippen LogP contribution in [0.15, 0.2) is 6.07 Å². The van der Waals surface area contributed by atoms with Crippen LogP contribution in [0, 0.1) is 6.92 Å². The zero-order valence-electron chi connectivity index (χ0n) is 14.1. The molecule has 1 rings (SSSR count). The number of rotatable bonds is 7. The van der Waals surface area contributed by atoms with Gasteiger partial charge in [-0.1, -0.05) is 13.8 Å². The maximum atomic E-state index is 4.58. The smallest absolute Gasteiger partial charge is 0.223 e. The van der Waals surface area contributed by atoms with Gasteiger partial charge in [-0.25, -0.2) is 9.97 Å². The summed E-state index contributed by atoms with van der Waals surface area (Å²) < 4.78 is 0. The van der Waals surface area contributed by atoms with Crippen LogP contribution < -0.4 is 5.32 Å². The Labute approximate surface area is 124 Å². The number of hydrogen-bond donors (Lipinski definition) is 1. The molecule has 0 aliphatic rings. The summed E-state index contributed by atoms with van der Waals surface area (Å²) in [6.45, 7) is 17.2. The maximum absolute atomic E-state index is 4.58. The van der Waals surface area contributed by atoms with E-state index in [0.717, 1.165) is 30.4 Å². The van der Waals surface area contributed by atoms with Crippen molar-refractivity contribution in [3.8, 4) is 0 Å². The van der Waals surface area contributed by atoms with Crippen molar-refractivity contribution in [3.05, 3.63) is 17.5 Å². The first-order valence-electron chi connectivity index (χ1n) is 7.66. The molecule has 4 nitrogen and oxygen atoms in total. The third-order valence-electron chi connectivity index (χ3n) is 3.45. The highest BCUT2D eigenvalue weighted by atomic mass is 15.2. The molecule has 0 aliphatic heterocycles. The summed E-state index contributed by atoms with van der Waals surface area (Å²) in [6, 6.07) is 3.17. The van der Waals surface area contributed by atoms with E-state index in [2.05, 4.69) is 67.8 Å². The van der Waals surface area contributed by atoms with E-state index in [1.54, 1.807) is 0 Å². The quantitative estimate of drug-likeness (QED) is 0.829. The van der Waals surface area contributed by atoms with Gasteiger partial charge in [0.2, 0.25) is 5.95 Å². The highest BCUT2D eigenvalue weighted by Crippen LogP contribution is 2.14. The van der Waals surface area contributed by atoms with E-state index in [0.29, 0.717) is 18.0 Å². The molecular formula is C16H30N4. The minimum Gasteiger partial charge on any atom is -0.353 e. The van der Waals surface area contributed by atoms with E-state index >= 15 is 0 Å². The van der Waals surface area contributed by atoms with E-state index in [1.807, 2.05) is 6.92 Å². The van der Waals surface area contributed by atoms with Crippen LogP contribution in [0.2, 0.25) is 0 Å². The molecule has 0 aliphatic carbocycles. The Hall–Kier alpha value is -1.16. The summed E-state index contributed by atoms with van der Waals surface area (Å²) in [5, 5.41) is 3.36. The van der Waals surface area contributed by atoms with Crippen LogP contribution in [-0.4, -0.2) is 40.0 Å². The molecule has 1 heterocycles. The van der Waals surface area contributed by atoms with Gasteiger partial charge in [0.15, 0.2) is 0 Å². The summed E-state index contributed by atoms with van der Waals surface area (Å²) >= 11 is 0. The van der Waals surface area contributed by atoms with Crippen molar-refractivity contribution in [2.45, 2.75) is 66.5 Å². The van der Waals surface area contributed by atoms with E-state index in [-0.39, 0.29) is 0 Å². The van der Waals surface area contributed by atoms with Gasteiger partial charge in [0, 0.05) is 36.6 Å². The fraction of sp³-hybridized carbons (Fsp3) is 0.750. The third-order valence-corrected chi connectivity index (χ3v) is 3.45. The Balaban J connectivity index is 2.61. The van der Waals surface area contributed by atoms with Crippen molar-refractivity contribution in [2.24, 2.45) is 0 Å². The number of aromatic nitrogens is 2. The molecular weight excluding hydrogens is 248 g/mol. The van der Waals surface area contributed by atoms with Crippen LogP contribution >= 0.6 is 0 Å². The van der Waals surface area contributed by atoms with Crippen LogP contribution in [-0.2, 0) is 0 Å². The normalized spacial score (nSPS) is 11.9. The lowest BCUT2D eigenvalue weighted by molar-refractivity contribution is 0.182. The van der Waals surface area contributed by atoms with Gasteiger partial charge < -0.3 is 5.32 Å². The highest BCUT2D eigenvalue weighted by Gasteiger charge is 2.13. The molecule has 20 heavy (non-hydrogen) atoms. The van der Waals surface area contributed by atoms with Crippen LogP contribution in [0.25, 0.3) is 0 Å². The lowest BCUT2D eigenvalue weighted by atomic mass is 10.1. The largest absolute Gasteiger partial charge is 0.353 e. The molecule has 4 heteroatoms. The van der Waals surface area contributed by atoms with Crippen LogP contribution in [0.4, 0.5) is 5.95 Å². The fourth-order valence-corrected chi connectivity index (χ4v) is 2.38. The van der Waals surface area contributed by atoms with Crippen molar-refractivity contribution in [2.75, 3.05) is 18.4 Å². The zero-order chi connectivity index (χ0) is 15.3. The monoisotopic (exact) mass is 278 g/mol. The van der Waals surface area contributed by atoms with E-state index in [9.17, 15) is 0 Å². The van der Waals surface area contributed by atoms with Gasteiger partial charge in [0.25, 0.3) is 0 Å². The van der Waals surface area contributed by atoms with Crippen molar-refractivity contribution in [1.29, 1.82) is 0 Å². The second-order valence-corrected chi connectivity index (χ2v) is 6.26. The van der Waals surface area contributed by atoms with Gasteiger partial charge in [-0.3, -0.25) is 4.90 Å². The van der Waals surface area contributed by atoms with Gasteiger partial charge in [-0.2, -0.15) is 0 Å². The van der Waals surface area contributed by atoms with E-state index < -0.39 is 0 Å². The molecule has 0 fully saturated rings. The van der Waals surface area contributed by atoms with Crippen molar-refractivity contribution in [3.63, 3.8) is 0 Å². The Morgan fingerprint density at radius 1 is 1.05 bits per heavy atom. The average molecular weight is 278 g/mol. The van der Waals surface area contributed by atoms with Gasteiger partial charge >= 0.3 is 0 Å². The highest BCUT2D eigenvalue weighted by molar-refractivity contribution is 5.29. The summed E-state index contributed by atoms with van der Waals surface area (Å²) in [7, 11) is 0. The Bertz CT molecular complexity index is 405. The van der Waals surface area contributed by atoms with Crippen molar-refractivity contribution >= 4 is 5.95 Å². The average Bonchev–Trinajstić information content (AvgIpc) is 2.32. The predicted octanol–water partition coefficient (Wildman–Crippen LogP) is 3.44. The minimum atomic E-state index is 0.431. The second-order valence-electron chi connectivity index (χ2n) is 6.26. The molecule has 0 atom stereocenters. The summed E-state index contributed by atoms with van der Waals surface area (Å²) in [5.74, 6) is 1.18. The third kappa shape index (κ3) is 5.08. The molecule has 0 aromatic carbocycles. The molecule has 1 aromatic heterocycles. The Morgan fingerprint density at radius 3 is 2.15 bits per heavy atom. The number of anilines is 1. The van der Waals surface area contributed by atoms with Crippen molar-refractivity contribution < 1.29 is 0 Å². The minimum absolute atomic E-state index is 0.431. The van der Waals surface area contributed by atoms with Crippen LogP contribution in [0.5, 0.6) is 0 Å². The number of aryl methyl sites for hydroxylation is 1. The topological polar surface area (TPSA) is 41.1 Å². The van der Waals surface area contributed by atoms with Crippen LogP contribution in [0.3, 0.4) is 0 Å².